The zero-order valence-corrected chi connectivity index (χ0v) is 12.3. The molecule has 1 atom stereocenters. The van der Waals surface area contributed by atoms with Crippen molar-refractivity contribution >= 4 is 5.91 Å². The summed E-state index contributed by atoms with van der Waals surface area (Å²) in [4.78, 5) is 14.6. The molecule has 0 saturated carbocycles. The van der Waals surface area contributed by atoms with Crippen LogP contribution in [-0.2, 0) is 20.8 Å². The zero-order chi connectivity index (χ0) is 14.9. The molecule has 1 aromatic rings. The summed E-state index contributed by atoms with van der Waals surface area (Å²) in [5, 5.41) is 0. The standard InChI is InChI=1S/C17H19NO3/c1-20-17(21-2)14-10-6-7-11-15(14)18(16(17)19)12-13-8-4-3-5-9-13/h3-9,11,14H,10,12H2,1-2H3. The molecule has 1 saturated heterocycles. The van der Waals surface area contributed by atoms with Crippen molar-refractivity contribution in [2.75, 3.05) is 14.2 Å². The number of rotatable bonds is 4. The summed E-state index contributed by atoms with van der Waals surface area (Å²) in [6.07, 6.45) is 6.75. The van der Waals surface area contributed by atoms with Crippen molar-refractivity contribution in [2.24, 2.45) is 5.92 Å². The monoisotopic (exact) mass is 285 g/mol. The topological polar surface area (TPSA) is 38.8 Å². The minimum Gasteiger partial charge on any atom is -0.345 e. The molecular weight excluding hydrogens is 266 g/mol. The van der Waals surface area contributed by atoms with Gasteiger partial charge in [-0.2, -0.15) is 0 Å². The van der Waals surface area contributed by atoms with E-state index in [9.17, 15) is 4.79 Å². The number of hydrogen-bond acceptors (Lipinski definition) is 3. The van der Waals surface area contributed by atoms with E-state index in [1.807, 2.05) is 48.6 Å². The number of hydrogen-bond donors (Lipinski definition) is 0. The average Bonchev–Trinajstić information content (AvgIpc) is 2.78. The van der Waals surface area contributed by atoms with E-state index in [1.165, 1.54) is 14.2 Å². The van der Waals surface area contributed by atoms with Crippen molar-refractivity contribution in [1.29, 1.82) is 0 Å². The van der Waals surface area contributed by atoms with Crippen molar-refractivity contribution in [3.8, 4) is 0 Å². The number of fused-ring (bicyclic) bond motifs is 1. The molecule has 4 nitrogen and oxygen atoms in total. The van der Waals surface area contributed by atoms with Crippen LogP contribution in [0.2, 0.25) is 0 Å². The van der Waals surface area contributed by atoms with E-state index in [-0.39, 0.29) is 11.8 Å². The predicted octanol–water partition coefficient (Wildman–Crippen LogP) is 2.48. The molecule has 1 aromatic carbocycles. The van der Waals surface area contributed by atoms with E-state index in [4.69, 9.17) is 9.47 Å². The van der Waals surface area contributed by atoms with Gasteiger partial charge in [-0.05, 0) is 18.1 Å². The number of carbonyl (C=O) groups is 1. The number of allylic oxidation sites excluding steroid dienone is 3. The molecule has 0 N–H and O–H groups in total. The lowest BCUT2D eigenvalue weighted by atomic mass is 9.91. The van der Waals surface area contributed by atoms with Gasteiger partial charge < -0.3 is 14.4 Å². The number of carbonyl (C=O) groups excluding carboxylic acids is 1. The van der Waals surface area contributed by atoms with Crippen molar-refractivity contribution in [1.82, 2.24) is 4.90 Å². The first-order chi connectivity index (χ1) is 10.2. The van der Waals surface area contributed by atoms with Crippen molar-refractivity contribution in [3.63, 3.8) is 0 Å². The lowest BCUT2D eigenvalue weighted by Gasteiger charge is -2.29. The Hall–Kier alpha value is -1.91. The van der Waals surface area contributed by atoms with E-state index in [0.29, 0.717) is 6.54 Å². The Balaban J connectivity index is 1.98. The summed E-state index contributed by atoms with van der Waals surface area (Å²) >= 11 is 0. The van der Waals surface area contributed by atoms with Gasteiger partial charge in [0.15, 0.2) is 0 Å². The SMILES string of the molecule is COC1(OC)C(=O)N(Cc2ccccc2)C2=CC=CCC21. The molecule has 110 valence electrons. The largest absolute Gasteiger partial charge is 0.345 e. The molecule has 2 aliphatic rings. The first kappa shape index (κ1) is 14.0. The van der Waals surface area contributed by atoms with Gasteiger partial charge in [0.25, 0.3) is 11.7 Å². The molecule has 1 amide bonds. The van der Waals surface area contributed by atoms with Gasteiger partial charge >= 0.3 is 0 Å². The average molecular weight is 285 g/mol. The van der Waals surface area contributed by atoms with Crippen molar-refractivity contribution < 1.29 is 14.3 Å². The van der Waals surface area contributed by atoms with Crippen LogP contribution in [0.3, 0.4) is 0 Å². The lowest BCUT2D eigenvalue weighted by Crippen LogP contribution is -2.46. The highest BCUT2D eigenvalue weighted by atomic mass is 16.7. The summed E-state index contributed by atoms with van der Waals surface area (Å²) in [5.41, 5.74) is 2.05. The maximum atomic E-state index is 12.9. The molecule has 3 rings (SSSR count). The molecule has 1 fully saturated rings. The molecule has 1 heterocycles. The summed E-state index contributed by atoms with van der Waals surface area (Å²) in [5.74, 6) is -1.42. The minimum absolute atomic E-state index is 0.0892. The third-order valence-electron chi connectivity index (χ3n) is 4.24. The Morgan fingerprint density at radius 1 is 1.24 bits per heavy atom. The van der Waals surface area contributed by atoms with E-state index < -0.39 is 5.79 Å². The highest BCUT2D eigenvalue weighted by Gasteiger charge is 2.58. The Morgan fingerprint density at radius 2 is 1.95 bits per heavy atom. The third-order valence-corrected chi connectivity index (χ3v) is 4.24. The molecule has 4 heteroatoms. The van der Waals surface area contributed by atoms with Crippen LogP contribution in [0.25, 0.3) is 0 Å². The zero-order valence-electron chi connectivity index (χ0n) is 12.3. The number of nitrogens with zero attached hydrogens (tertiary/aromatic N) is 1. The predicted molar refractivity (Wildman–Crippen MR) is 79.1 cm³/mol. The second-order valence-corrected chi connectivity index (χ2v) is 5.26. The molecule has 0 aromatic heterocycles. The van der Waals surface area contributed by atoms with Gasteiger partial charge in [0.05, 0.1) is 12.5 Å². The first-order valence-electron chi connectivity index (χ1n) is 7.06. The van der Waals surface area contributed by atoms with Crippen LogP contribution < -0.4 is 0 Å². The van der Waals surface area contributed by atoms with Gasteiger partial charge in [-0.15, -0.1) is 0 Å². The minimum atomic E-state index is -1.20. The van der Waals surface area contributed by atoms with Gasteiger partial charge in [-0.3, -0.25) is 4.79 Å². The number of likely N-dealkylation sites (tertiary alicyclic amines) is 1. The van der Waals surface area contributed by atoms with Crippen LogP contribution in [0.5, 0.6) is 0 Å². The van der Waals surface area contributed by atoms with Crippen molar-refractivity contribution in [2.45, 2.75) is 18.8 Å². The van der Waals surface area contributed by atoms with Crippen LogP contribution in [0.4, 0.5) is 0 Å². The molecule has 1 aliphatic heterocycles. The smallest absolute Gasteiger partial charge is 0.288 e. The number of benzene rings is 1. The summed E-state index contributed by atoms with van der Waals surface area (Å²) in [6, 6.07) is 9.95. The summed E-state index contributed by atoms with van der Waals surface area (Å²) < 4.78 is 11.0. The second kappa shape index (κ2) is 5.47. The maximum Gasteiger partial charge on any atom is 0.288 e. The normalized spacial score (nSPS) is 23.1. The lowest BCUT2D eigenvalue weighted by molar-refractivity contribution is -0.219. The molecule has 0 radical (unpaired) electrons. The van der Waals surface area contributed by atoms with Gasteiger partial charge in [-0.1, -0.05) is 42.5 Å². The van der Waals surface area contributed by atoms with Crippen LogP contribution in [0.15, 0.2) is 54.3 Å². The number of amides is 1. The fourth-order valence-electron chi connectivity index (χ4n) is 3.17. The fourth-order valence-corrected chi connectivity index (χ4v) is 3.17. The second-order valence-electron chi connectivity index (χ2n) is 5.26. The van der Waals surface area contributed by atoms with Gasteiger partial charge in [0, 0.05) is 19.9 Å². The van der Waals surface area contributed by atoms with Crippen LogP contribution in [-0.4, -0.2) is 30.8 Å². The van der Waals surface area contributed by atoms with E-state index in [1.54, 1.807) is 4.90 Å². The van der Waals surface area contributed by atoms with Gasteiger partial charge in [0.2, 0.25) is 0 Å². The maximum absolute atomic E-state index is 12.9. The Morgan fingerprint density at radius 3 is 2.62 bits per heavy atom. The van der Waals surface area contributed by atoms with E-state index >= 15 is 0 Å². The van der Waals surface area contributed by atoms with E-state index in [2.05, 4.69) is 0 Å². The van der Waals surface area contributed by atoms with Gasteiger partial charge in [-0.25, -0.2) is 0 Å². The first-order valence-corrected chi connectivity index (χ1v) is 7.06. The Kier molecular flexibility index (Phi) is 3.66. The molecule has 1 unspecified atom stereocenters. The summed E-state index contributed by atoms with van der Waals surface area (Å²) in [6.45, 7) is 0.532. The van der Waals surface area contributed by atoms with Crippen molar-refractivity contribution in [3.05, 3.63) is 59.8 Å². The Bertz CT molecular complexity index is 587. The molecule has 0 bridgehead atoms. The summed E-state index contributed by atoms with van der Waals surface area (Å²) in [7, 11) is 3.06. The number of methoxy groups -OCH3 is 2. The van der Waals surface area contributed by atoms with Crippen LogP contribution >= 0.6 is 0 Å². The van der Waals surface area contributed by atoms with Gasteiger partial charge in [0.1, 0.15) is 0 Å². The Labute approximate surface area is 124 Å². The van der Waals surface area contributed by atoms with Crippen LogP contribution in [0.1, 0.15) is 12.0 Å². The molecule has 0 spiro atoms. The third kappa shape index (κ3) is 2.11. The highest BCUT2D eigenvalue weighted by Crippen LogP contribution is 2.44. The fraction of sp³-hybridized carbons (Fsp3) is 0.353. The number of ether oxygens (including phenoxy) is 2. The van der Waals surface area contributed by atoms with E-state index in [0.717, 1.165) is 17.7 Å². The quantitative estimate of drug-likeness (QED) is 0.798. The highest BCUT2D eigenvalue weighted by molar-refractivity contribution is 5.90. The molecule has 21 heavy (non-hydrogen) atoms. The molecular formula is C17H19NO3. The molecule has 1 aliphatic carbocycles. The van der Waals surface area contributed by atoms with Crippen LogP contribution in [0, 0.1) is 5.92 Å².